The number of amides is 1. The van der Waals surface area contributed by atoms with E-state index < -0.39 is 28.7 Å². The second-order valence-electron chi connectivity index (χ2n) is 6.23. The molecule has 0 spiro atoms. The first-order chi connectivity index (χ1) is 13.8. The molecule has 0 aliphatic heterocycles. The highest BCUT2D eigenvalue weighted by Gasteiger charge is 2.20. The summed E-state index contributed by atoms with van der Waals surface area (Å²) in [5.74, 6) is -1.81. The van der Waals surface area contributed by atoms with Crippen molar-refractivity contribution in [2.24, 2.45) is 0 Å². The van der Waals surface area contributed by atoms with Gasteiger partial charge in [-0.2, -0.15) is 4.98 Å². The number of halogens is 1. The molecular weight excluding hydrogens is 401 g/mol. The van der Waals surface area contributed by atoms with Gasteiger partial charge in [-0.3, -0.25) is 14.7 Å². The molecule has 0 aliphatic carbocycles. The standard InChI is InChI=1S/C17H18FN7O3S/c1-25(2)5-6-29-17-21-15(27)13(16(28)22-17)14(26)20-11-4-3-9(7-10(11)18)12-8-19-24-23-12/h3-4,7-8H,5-6H2,1-2H3,(H,20,26)(H,19,23,24)(H2,21,22,27,28). The lowest BCUT2D eigenvalue weighted by atomic mass is 10.1. The predicted octanol–water partition coefficient (Wildman–Crippen LogP) is 1.31. The molecule has 3 rings (SSSR count). The molecule has 0 saturated heterocycles. The van der Waals surface area contributed by atoms with Crippen molar-refractivity contribution in [3.63, 3.8) is 0 Å². The van der Waals surface area contributed by atoms with Crippen LogP contribution in [0.15, 0.2) is 34.3 Å². The Labute approximate surface area is 168 Å². The van der Waals surface area contributed by atoms with Crippen molar-refractivity contribution < 1.29 is 14.3 Å². The zero-order valence-corrected chi connectivity index (χ0v) is 16.4. The number of aromatic nitrogens is 5. The number of hydrogen-bond donors (Lipinski definition) is 4. The molecular formula is C17H18FN7O3S. The minimum Gasteiger partial charge on any atom is -0.493 e. The van der Waals surface area contributed by atoms with Crippen LogP contribution in [-0.2, 0) is 0 Å². The van der Waals surface area contributed by atoms with Crippen LogP contribution < -0.4 is 10.9 Å². The molecule has 0 unspecified atom stereocenters. The molecule has 0 atom stereocenters. The van der Waals surface area contributed by atoms with Crippen LogP contribution in [-0.4, -0.2) is 67.7 Å². The van der Waals surface area contributed by atoms with Crippen molar-refractivity contribution in [1.82, 2.24) is 30.3 Å². The van der Waals surface area contributed by atoms with E-state index in [1.807, 2.05) is 19.0 Å². The van der Waals surface area contributed by atoms with Gasteiger partial charge >= 0.3 is 0 Å². The van der Waals surface area contributed by atoms with Crippen LogP contribution in [0.3, 0.4) is 0 Å². The van der Waals surface area contributed by atoms with E-state index in [1.165, 1.54) is 36.2 Å². The van der Waals surface area contributed by atoms with Crippen molar-refractivity contribution in [3.8, 4) is 17.1 Å². The van der Waals surface area contributed by atoms with Crippen LogP contribution in [0, 0.1) is 5.82 Å². The highest BCUT2D eigenvalue weighted by molar-refractivity contribution is 7.99. The van der Waals surface area contributed by atoms with E-state index in [0.717, 1.165) is 6.54 Å². The molecule has 2 aromatic heterocycles. The highest BCUT2D eigenvalue weighted by Crippen LogP contribution is 2.23. The average molecular weight is 419 g/mol. The lowest BCUT2D eigenvalue weighted by Crippen LogP contribution is -2.25. The van der Waals surface area contributed by atoms with E-state index in [-0.39, 0.29) is 10.8 Å². The molecule has 3 aromatic rings. The summed E-state index contributed by atoms with van der Waals surface area (Å²) in [6.45, 7) is 0.737. The summed E-state index contributed by atoms with van der Waals surface area (Å²) in [6.07, 6.45) is 1.49. The van der Waals surface area contributed by atoms with Crippen molar-refractivity contribution in [2.75, 3.05) is 31.7 Å². The lowest BCUT2D eigenvalue weighted by Gasteiger charge is -2.10. The zero-order chi connectivity index (χ0) is 21.0. The molecule has 0 radical (unpaired) electrons. The summed E-state index contributed by atoms with van der Waals surface area (Å²) in [5.41, 5.74) is -0.687. The first-order valence-corrected chi connectivity index (χ1v) is 9.42. The number of hydrogen-bond acceptors (Lipinski definition) is 8. The molecule has 10 nitrogen and oxygen atoms in total. The molecule has 1 aromatic carbocycles. The van der Waals surface area contributed by atoms with Gasteiger partial charge in [0, 0.05) is 24.1 Å². The third kappa shape index (κ3) is 4.97. The maximum Gasteiger partial charge on any atom is 0.268 e. The Morgan fingerprint density at radius 3 is 2.79 bits per heavy atom. The van der Waals surface area contributed by atoms with Crippen LogP contribution in [0.2, 0.25) is 0 Å². The zero-order valence-electron chi connectivity index (χ0n) is 15.6. The molecule has 0 aliphatic rings. The smallest absolute Gasteiger partial charge is 0.268 e. The minimum atomic E-state index is -0.978. The number of anilines is 1. The summed E-state index contributed by atoms with van der Waals surface area (Å²) in [4.78, 5) is 32.9. The molecule has 29 heavy (non-hydrogen) atoms. The Kier molecular flexibility index (Phi) is 6.24. The Bertz CT molecular complexity index is 1070. The number of H-pyrrole nitrogens is 2. The van der Waals surface area contributed by atoms with Crippen LogP contribution in [0.4, 0.5) is 10.1 Å². The first-order valence-electron chi connectivity index (χ1n) is 8.43. The summed E-state index contributed by atoms with van der Waals surface area (Å²) in [5, 5.41) is 22.3. The number of nitrogens with one attached hydrogen (secondary N) is 3. The second kappa shape index (κ2) is 8.84. The van der Waals surface area contributed by atoms with E-state index in [4.69, 9.17) is 0 Å². The third-order valence-electron chi connectivity index (χ3n) is 3.81. The van der Waals surface area contributed by atoms with Crippen molar-refractivity contribution in [3.05, 3.63) is 46.1 Å². The van der Waals surface area contributed by atoms with E-state index in [0.29, 0.717) is 17.0 Å². The SMILES string of the molecule is CN(C)CCSc1nc(O)c(C(=O)Nc2ccc(-c3c[nH]nn3)cc2F)c(=O)[nH]1. The summed E-state index contributed by atoms with van der Waals surface area (Å²) >= 11 is 1.23. The van der Waals surface area contributed by atoms with Crippen molar-refractivity contribution in [1.29, 1.82) is 0 Å². The van der Waals surface area contributed by atoms with Crippen LogP contribution in [0.25, 0.3) is 11.3 Å². The Morgan fingerprint density at radius 2 is 2.17 bits per heavy atom. The molecule has 2 heterocycles. The van der Waals surface area contributed by atoms with Crippen molar-refractivity contribution >= 4 is 23.4 Å². The van der Waals surface area contributed by atoms with Gasteiger partial charge in [0.05, 0.1) is 5.69 Å². The number of carbonyl (C=O) groups is 1. The number of nitrogens with zero attached hydrogens (tertiary/aromatic N) is 4. The minimum absolute atomic E-state index is 0.162. The molecule has 0 fully saturated rings. The third-order valence-corrected chi connectivity index (χ3v) is 4.67. The molecule has 4 N–H and O–H groups in total. The fourth-order valence-corrected chi connectivity index (χ4v) is 3.31. The molecule has 152 valence electrons. The van der Waals surface area contributed by atoms with Gasteiger partial charge in [-0.25, -0.2) is 4.39 Å². The van der Waals surface area contributed by atoms with E-state index in [9.17, 15) is 19.1 Å². The molecule has 0 bridgehead atoms. The van der Waals surface area contributed by atoms with E-state index >= 15 is 0 Å². The number of carbonyl (C=O) groups excluding carboxylic acids is 1. The van der Waals surface area contributed by atoms with Crippen LogP contribution >= 0.6 is 11.8 Å². The fourth-order valence-electron chi connectivity index (χ4n) is 2.34. The monoisotopic (exact) mass is 419 g/mol. The van der Waals surface area contributed by atoms with Gasteiger partial charge in [-0.15, -0.1) is 5.10 Å². The van der Waals surface area contributed by atoms with Crippen LogP contribution in [0.1, 0.15) is 10.4 Å². The highest BCUT2D eigenvalue weighted by atomic mass is 32.2. The van der Waals surface area contributed by atoms with E-state index in [1.54, 1.807) is 0 Å². The van der Waals surface area contributed by atoms with Gasteiger partial charge in [-0.1, -0.05) is 23.0 Å². The summed E-state index contributed by atoms with van der Waals surface area (Å²) in [7, 11) is 3.80. The van der Waals surface area contributed by atoms with Gasteiger partial charge in [-0.05, 0) is 26.2 Å². The molecule has 0 saturated carbocycles. The largest absolute Gasteiger partial charge is 0.493 e. The maximum atomic E-state index is 14.3. The van der Waals surface area contributed by atoms with Gasteiger partial charge in [0.1, 0.15) is 11.5 Å². The Morgan fingerprint density at radius 1 is 1.38 bits per heavy atom. The number of aromatic amines is 2. The number of benzene rings is 1. The Balaban J connectivity index is 1.76. The average Bonchev–Trinajstić information content (AvgIpc) is 3.17. The quantitative estimate of drug-likeness (QED) is 0.332. The number of thioether (sulfide) groups is 1. The fraction of sp³-hybridized carbons (Fsp3) is 0.235. The first kappa shape index (κ1) is 20.5. The normalized spacial score (nSPS) is 11.0. The second-order valence-corrected chi connectivity index (χ2v) is 7.31. The summed E-state index contributed by atoms with van der Waals surface area (Å²) < 4.78 is 14.3. The molecule has 1 amide bonds. The van der Waals surface area contributed by atoms with Gasteiger partial charge in [0.2, 0.25) is 5.88 Å². The predicted molar refractivity (Wildman–Crippen MR) is 106 cm³/mol. The van der Waals surface area contributed by atoms with E-state index in [2.05, 4.69) is 30.7 Å². The van der Waals surface area contributed by atoms with Gasteiger partial charge in [0.25, 0.3) is 11.5 Å². The van der Waals surface area contributed by atoms with Crippen molar-refractivity contribution in [2.45, 2.75) is 5.16 Å². The Hall–Kier alpha value is -3.25. The summed E-state index contributed by atoms with van der Waals surface area (Å²) in [6, 6.07) is 4.02. The van der Waals surface area contributed by atoms with Gasteiger partial charge in [0.15, 0.2) is 10.7 Å². The lowest BCUT2D eigenvalue weighted by molar-refractivity contribution is 0.102. The number of aromatic hydroxyl groups is 1. The topological polar surface area (TPSA) is 140 Å². The molecule has 12 heteroatoms. The van der Waals surface area contributed by atoms with Crippen LogP contribution in [0.5, 0.6) is 5.88 Å². The van der Waals surface area contributed by atoms with Gasteiger partial charge < -0.3 is 20.3 Å². The number of rotatable bonds is 7. The maximum absolute atomic E-state index is 14.3.